The molecule has 0 amide bonds. The van der Waals surface area contributed by atoms with E-state index in [1.54, 1.807) is 30.7 Å². The molecular formula is C63H62N8O4S3. The SMILES string of the molecule is CC(C)(C)NS(=O)(=O)c1cncc(-c2cnc(NCc3ccccc3)c3c(-c4ccccc4)cccc23)c1.CSc1nc(NCc2ccccc2)c2c(-c3ccccc3)cccc2c1-c1cncc(S(=O)(=O)NC(C)(C)C)c1. The number of nitrogens with zero attached hydrogens (tertiary/aromatic N) is 4. The average molecular weight is 1090 g/mol. The largest absolute Gasteiger partial charge is 0.365 e. The van der Waals surface area contributed by atoms with Crippen LogP contribution in [0.4, 0.5) is 11.6 Å². The van der Waals surface area contributed by atoms with Crippen molar-refractivity contribution in [2.24, 2.45) is 0 Å². The molecule has 0 spiro atoms. The normalized spacial score (nSPS) is 12.0. The predicted octanol–water partition coefficient (Wildman–Crippen LogP) is 14.0. The zero-order valence-corrected chi connectivity index (χ0v) is 47.1. The fourth-order valence-corrected chi connectivity index (χ4v) is 12.6. The van der Waals surface area contributed by atoms with Crippen molar-refractivity contribution in [3.8, 4) is 44.5 Å². The summed E-state index contributed by atoms with van der Waals surface area (Å²) in [6.45, 7) is 12.1. The Hall–Kier alpha value is -7.79. The maximum atomic E-state index is 13.2. The molecule has 78 heavy (non-hydrogen) atoms. The van der Waals surface area contributed by atoms with Crippen molar-refractivity contribution in [2.45, 2.75) is 80.5 Å². The lowest BCUT2D eigenvalue weighted by atomic mass is 9.94. The molecule has 0 bridgehead atoms. The Morgan fingerprint density at radius 3 is 1.37 bits per heavy atom. The molecule has 10 rings (SSSR count). The van der Waals surface area contributed by atoms with Crippen LogP contribution in [0, 0.1) is 0 Å². The van der Waals surface area contributed by atoms with E-state index in [1.165, 1.54) is 24.2 Å². The molecule has 0 saturated carbocycles. The molecule has 0 aliphatic carbocycles. The van der Waals surface area contributed by atoms with E-state index in [-0.39, 0.29) is 9.79 Å². The summed E-state index contributed by atoms with van der Waals surface area (Å²) in [5, 5.41) is 11.8. The molecule has 396 valence electrons. The van der Waals surface area contributed by atoms with Gasteiger partial charge in [-0.25, -0.2) is 36.2 Å². The van der Waals surface area contributed by atoms with Gasteiger partial charge >= 0.3 is 0 Å². The minimum absolute atomic E-state index is 0.114. The Morgan fingerprint density at radius 2 is 0.885 bits per heavy atom. The van der Waals surface area contributed by atoms with Crippen molar-refractivity contribution in [2.75, 3.05) is 16.9 Å². The van der Waals surface area contributed by atoms with Crippen molar-refractivity contribution in [3.63, 3.8) is 0 Å². The summed E-state index contributed by atoms with van der Waals surface area (Å²) in [5.74, 6) is 1.54. The van der Waals surface area contributed by atoms with Crippen LogP contribution >= 0.6 is 11.8 Å². The molecule has 15 heteroatoms. The summed E-state index contributed by atoms with van der Waals surface area (Å²) in [7, 11) is -7.52. The Kier molecular flexibility index (Phi) is 16.5. The van der Waals surface area contributed by atoms with Gasteiger partial charge in [-0.15, -0.1) is 11.8 Å². The first kappa shape index (κ1) is 55.0. The molecule has 0 fully saturated rings. The molecule has 0 radical (unpaired) electrons. The van der Waals surface area contributed by atoms with E-state index in [4.69, 9.17) is 9.97 Å². The van der Waals surface area contributed by atoms with Crippen molar-refractivity contribution in [1.29, 1.82) is 0 Å². The molecular weight excluding hydrogens is 1030 g/mol. The zero-order valence-electron chi connectivity index (χ0n) is 44.6. The summed E-state index contributed by atoms with van der Waals surface area (Å²) >= 11 is 1.52. The third-order valence-corrected chi connectivity index (χ3v) is 16.5. The van der Waals surface area contributed by atoms with Gasteiger partial charge in [0.1, 0.15) is 26.5 Å². The van der Waals surface area contributed by atoms with Gasteiger partial charge in [0, 0.05) is 88.2 Å². The molecule has 0 aliphatic heterocycles. The van der Waals surface area contributed by atoms with E-state index in [0.717, 1.165) is 82.7 Å². The minimum Gasteiger partial charge on any atom is -0.365 e. The quantitative estimate of drug-likeness (QED) is 0.0721. The van der Waals surface area contributed by atoms with Crippen molar-refractivity contribution in [3.05, 3.63) is 212 Å². The summed E-state index contributed by atoms with van der Waals surface area (Å²) in [5.41, 5.74) is 8.33. The number of nitrogens with one attached hydrogen (secondary N) is 4. The zero-order chi connectivity index (χ0) is 55.1. The van der Waals surface area contributed by atoms with Crippen LogP contribution in [-0.4, -0.2) is 54.1 Å². The highest BCUT2D eigenvalue weighted by molar-refractivity contribution is 7.98. The van der Waals surface area contributed by atoms with Gasteiger partial charge in [0.15, 0.2) is 0 Å². The molecule has 0 aliphatic rings. The van der Waals surface area contributed by atoms with E-state index >= 15 is 0 Å². The smallest absolute Gasteiger partial charge is 0.242 e. The van der Waals surface area contributed by atoms with Crippen molar-refractivity contribution in [1.82, 2.24) is 29.4 Å². The lowest BCUT2D eigenvalue weighted by molar-refractivity contribution is 0.489. The van der Waals surface area contributed by atoms with Gasteiger partial charge in [0.05, 0.1) is 0 Å². The molecule has 10 aromatic rings. The second-order valence-corrected chi connectivity index (χ2v) is 24.9. The third-order valence-electron chi connectivity index (χ3n) is 12.4. The van der Waals surface area contributed by atoms with Gasteiger partial charge in [-0.05, 0) is 104 Å². The summed E-state index contributed by atoms with van der Waals surface area (Å²) < 4.78 is 57.9. The van der Waals surface area contributed by atoms with Crippen LogP contribution in [0.3, 0.4) is 0 Å². The third kappa shape index (κ3) is 13.1. The number of thioether (sulfide) groups is 1. The minimum atomic E-state index is -3.77. The van der Waals surface area contributed by atoms with Gasteiger partial charge in [-0.1, -0.05) is 158 Å². The highest BCUT2D eigenvalue weighted by atomic mass is 32.2. The van der Waals surface area contributed by atoms with Crippen molar-refractivity contribution < 1.29 is 16.8 Å². The van der Waals surface area contributed by atoms with Crippen molar-refractivity contribution >= 4 is 65.0 Å². The number of rotatable bonds is 15. The first-order valence-electron chi connectivity index (χ1n) is 25.5. The van der Waals surface area contributed by atoms with Crippen LogP contribution in [0.2, 0.25) is 0 Å². The standard InChI is InChI=1S/C32H32N4O2S2.C31H30N4O2S/c1-32(2,3)36-40(37,38)25-18-24(20-33-21-25)28-27-17-11-16-26(23-14-9-6-10-15-23)29(27)30(35-31(28)39-4)34-19-22-12-7-5-8-13-22;1-31(2,3)35-38(36,37)25-17-24(19-32-20-25)28-21-34-30(33-18-22-11-6-4-7-12-22)29-26(15-10-16-27(28)29)23-13-8-5-9-14-23/h5-18,20-21,36H,19H2,1-4H3,(H,34,35);4-17,19-21,35H,18H2,1-3H3,(H,33,34). The highest BCUT2D eigenvalue weighted by Gasteiger charge is 2.26. The van der Waals surface area contributed by atoms with Crippen LogP contribution < -0.4 is 20.1 Å². The molecule has 12 nitrogen and oxygen atoms in total. The second-order valence-electron chi connectivity index (χ2n) is 20.8. The average Bonchev–Trinajstić information content (AvgIpc) is 3.43. The van der Waals surface area contributed by atoms with Gasteiger partial charge < -0.3 is 10.6 Å². The molecule has 0 saturated heterocycles. The van der Waals surface area contributed by atoms with E-state index < -0.39 is 31.1 Å². The highest BCUT2D eigenvalue weighted by Crippen LogP contribution is 2.43. The first-order chi connectivity index (χ1) is 37.4. The van der Waals surface area contributed by atoms with Gasteiger partial charge in [-0.3, -0.25) is 9.97 Å². The van der Waals surface area contributed by atoms with Crippen LogP contribution in [-0.2, 0) is 33.1 Å². The van der Waals surface area contributed by atoms with Crippen LogP contribution in [0.15, 0.2) is 216 Å². The number of hydrogen-bond acceptors (Lipinski definition) is 11. The number of fused-ring (bicyclic) bond motifs is 2. The van der Waals surface area contributed by atoms with Crippen LogP contribution in [0.25, 0.3) is 66.1 Å². The van der Waals surface area contributed by atoms with E-state index in [1.807, 2.05) is 139 Å². The maximum absolute atomic E-state index is 13.2. The Balaban J connectivity index is 0.000000190. The molecule has 6 aromatic carbocycles. The topological polar surface area (TPSA) is 168 Å². The predicted molar refractivity (Wildman–Crippen MR) is 320 cm³/mol. The maximum Gasteiger partial charge on any atom is 0.242 e. The second kappa shape index (κ2) is 23.4. The molecule has 4 aromatic heterocycles. The van der Waals surface area contributed by atoms with E-state index in [9.17, 15) is 16.8 Å². The Labute approximate surface area is 462 Å². The van der Waals surface area contributed by atoms with Gasteiger partial charge in [0.25, 0.3) is 0 Å². The summed E-state index contributed by atoms with van der Waals surface area (Å²) in [6, 6.07) is 56.5. The lowest BCUT2D eigenvalue weighted by Gasteiger charge is -2.21. The monoisotopic (exact) mass is 1090 g/mol. The first-order valence-corrected chi connectivity index (χ1v) is 29.6. The fraction of sp³-hybridized carbons (Fsp3) is 0.175. The molecule has 0 atom stereocenters. The number of aromatic nitrogens is 4. The molecule has 0 unspecified atom stereocenters. The number of hydrogen-bond donors (Lipinski definition) is 4. The van der Waals surface area contributed by atoms with Crippen LogP contribution in [0.1, 0.15) is 52.7 Å². The van der Waals surface area contributed by atoms with E-state index in [0.29, 0.717) is 24.2 Å². The van der Waals surface area contributed by atoms with Crippen LogP contribution in [0.5, 0.6) is 0 Å². The molecule has 4 heterocycles. The number of anilines is 2. The van der Waals surface area contributed by atoms with Gasteiger partial charge in [-0.2, -0.15) is 0 Å². The van der Waals surface area contributed by atoms with Gasteiger partial charge in [0.2, 0.25) is 20.0 Å². The Morgan fingerprint density at radius 1 is 0.449 bits per heavy atom. The summed E-state index contributed by atoms with van der Waals surface area (Å²) in [6.07, 6.45) is 9.91. The fourth-order valence-electron chi connectivity index (χ4n) is 9.18. The lowest BCUT2D eigenvalue weighted by Crippen LogP contribution is -2.40. The number of pyridine rings is 4. The summed E-state index contributed by atoms with van der Waals surface area (Å²) in [4.78, 5) is 18.8. The Bertz CT molecular complexity index is 3950. The molecule has 4 N–H and O–H groups in total. The van der Waals surface area contributed by atoms with E-state index in [2.05, 4.69) is 96.8 Å². The number of benzene rings is 6. The number of sulfonamides is 2.